The predicted molar refractivity (Wildman–Crippen MR) is 130 cm³/mol. The smallest absolute Gasteiger partial charge is 0.261 e. The first-order chi connectivity index (χ1) is 16.7. The van der Waals surface area contributed by atoms with Crippen molar-refractivity contribution in [3.05, 3.63) is 90.2 Å². The standard InChI is InChI=1S/C25H26FN3O5S/c1-18(25(31)27-2)29(16-19-6-4-3-5-7-19)24(30)17-34-22-12-14-23(15-13-22)35(32,33)28-21-10-8-20(26)9-11-21/h3-15,18,28H,16-17H2,1-2H3,(H,27,31)/t18-/m1/s1. The number of carbonyl (C=O) groups is 2. The van der Waals surface area contributed by atoms with Crippen LogP contribution in [0.25, 0.3) is 0 Å². The molecule has 3 aromatic carbocycles. The first-order valence-corrected chi connectivity index (χ1v) is 12.2. The third-order valence-corrected chi connectivity index (χ3v) is 6.60. The molecule has 0 aliphatic carbocycles. The van der Waals surface area contributed by atoms with E-state index in [-0.39, 0.29) is 35.4 Å². The fraction of sp³-hybridized carbons (Fsp3) is 0.200. The Balaban J connectivity index is 1.66. The largest absolute Gasteiger partial charge is 0.484 e. The number of sulfonamides is 1. The lowest BCUT2D eigenvalue weighted by Gasteiger charge is -2.28. The Morgan fingerprint density at radius 1 is 0.971 bits per heavy atom. The van der Waals surface area contributed by atoms with Crippen molar-refractivity contribution in [2.75, 3.05) is 18.4 Å². The number of likely N-dealkylation sites (N-methyl/N-ethyl adjacent to an activating group) is 1. The number of anilines is 1. The fourth-order valence-corrected chi connectivity index (χ4v) is 4.31. The van der Waals surface area contributed by atoms with Crippen LogP contribution in [0.5, 0.6) is 5.75 Å². The normalized spacial score (nSPS) is 11.9. The van der Waals surface area contributed by atoms with E-state index in [0.29, 0.717) is 0 Å². The third-order valence-electron chi connectivity index (χ3n) is 5.20. The number of amides is 2. The van der Waals surface area contributed by atoms with E-state index in [1.807, 2.05) is 30.3 Å². The average molecular weight is 500 g/mol. The van der Waals surface area contributed by atoms with Gasteiger partial charge in [-0.25, -0.2) is 12.8 Å². The molecule has 0 aliphatic heterocycles. The Morgan fingerprint density at radius 3 is 2.20 bits per heavy atom. The van der Waals surface area contributed by atoms with Gasteiger partial charge in [0.1, 0.15) is 17.6 Å². The monoisotopic (exact) mass is 499 g/mol. The van der Waals surface area contributed by atoms with E-state index in [1.54, 1.807) is 6.92 Å². The Kier molecular flexibility index (Phi) is 8.43. The minimum atomic E-state index is -3.89. The van der Waals surface area contributed by atoms with Crippen LogP contribution in [0.1, 0.15) is 12.5 Å². The summed E-state index contributed by atoms with van der Waals surface area (Å²) in [5, 5.41) is 2.55. The van der Waals surface area contributed by atoms with Gasteiger partial charge in [0.05, 0.1) is 4.90 Å². The average Bonchev–Trinajstić information content (AvgIpc) is 2.87. The van der Waals surface area contributed by atoms with Crippen LogP contribution in [0.4, 0.5) is 10.1 Å². The minimum Gasteiger partial charge on any atom is -0.484 e. The van der Waals surface area contributed by atoms with E-state index in [0.717, 1.165) is 17.7 Å². The summed E-state index contributed by atoms with van der Waals surface area (Å²) in [5.74, 6) is -0.903. The van der Waals surface area contributed by atoms with E-state index in [2.05, 4.69) is 10.0 Å². The molecule has 0 bridgehead atoms. The highest BCUT2D eigenvalue weighted by molar-refractivity contribution is 7.92. The topological polar surface area (TPSA) is 105 Å². The number of benzene rings is 3. The summed E-state index contributed by atoms with van der Waals surface area (Å²) >= 11 is 0. The van der Waals surface area contributed by atoms with Crippen LogP contribution in [-0.4, -0.2) is 44.8 Å². The Morgan fingerprint density at radius 2 is 1.60 bits per heavy atom. The van der Waals surface area contributed by atoms with Crippen LogP contribution in [-0.2, 0) is 26.2 Å². The zero-order valence-electron chi connectivity index (χ0n) is 19.3. The first-order valence-electron chi connectivity index (χ1n) is 10.8. The molecular weight excluding hydrogens is 473 g/mol. The molecule has 8 nitrogen and oxygen atoms in total. The molecule has 0 unspecified atom stereocenters. The molecule has 0 aliphatic rings. The number of halogens is 1. The molecule has 3 aromatic rings. The Labute approximate surface area is 203 Å². The maximum Gasteiger partial charge on any atom is 0.261 e. The van der Waals surface area contributed by atoms with Crippen molar-refractivity contribution in [2.24, 2.45) is 0 Å². The molecule has 0 saturated heterocycles. The zero-order chi connectivity index (χ0) is 25.4. The fourth-order valence-electron chi connectivity index (χ4n) is 3.25. The minimum absolute atomic E-state index is 0.0283. The van der Waals surface area contributed by atoms with Gasteiger partial charge in [0, 0.05) is 19.3 Å². The molecule has 3 rings (SSSR count). The van der Waals surface area contributed by atoms with Crippen LogP contribution in [0, 0.1) is 5.82 Å². The number of hydrogen-bond acceptors (Lipinski definition) is 5. The number of nitrogens with zero attached hydrogens (tertiary/aromatic N) is 1. The summed E-state index contributed by atoms with van der Waals surface area (Å²) in [7, 11) is -2.39. The summed E-state index contributed by atoms with van der Waals surface area (Å²) in [5.41, 5.74) is 1.08. The van der Waals surface area contributed by atoms with Crippen molar-refractivity contribution in [3.63, 3.8) is 0 Å². The van der Waals surface area contributed by atoms with Crippen LogP contribution in [0.2, 0.25) is 0 Å². The molecule has 0 spiro atoms. The number of ether oxygens (including phenoxy) is 1. The number of nitrogens with one attached hydrogen (secondary N) is 2. The van der Waals surface area contributed by atoms with Gasteiger partial charge in [0.25, 0.3) is 15.9 Å². The van der Waals surface area contributed by atoms with Gasteiger partial charge in [-0.1, -0.05) is 30.3 Å². The van der Waals surface area contributed by atoms with Crippen LogP contribution < -0.4 is 14.8 Å². The molecule has 2 N–H and O–H groups in total. The van der Waals surface area contributed by atoms with Crippen molar-refractivity contribution in [1.29, 1.82) is 0 Å². The summed E-state index contributed by atoms with van der Waals surface area (Å²) in [6, 6.07) is 19.0. The van der Waals surface area contributed by atoms with Crippen LogP contribution in [0.15, 0.2) is 83.8 Å². The van der Waals surface area contributed by atoms with Gasteiger partial charge in [-0.15, -0.1) is 0 Å². The summed E-state index contributed by atoms with van der Waals surface area (Å²) in [4.78, 5) is 26.5. The van der Waals surface area contributed by atoms with E-state index in [1.165, 1.54) is 48.3 Å². The number of hydrogen-bond donors (Lipinski definition) is 2. The Hall–Kier alpha value is -3.92. The maximum absolute atomic E-state index is 13.0. The molecule has 35 heavy (non-hydrogen) atoms. The third kappa shape index (κ3) is 7.03. The lowest BCUT2D eigenvalue weighted by Crippen LogP contribution is -2.48. The van der Waals surface area contributed by atoms with E-state index in [9.17, 15) is 22.4 Å². The second-order valence-electron chi connectivity index (χ2n) is 7.67. The predicted octanol–water partition coefficient (Wildman–Crippen LogP) is 3.17. The molecule has 0 radical (unpaired) electrons. The van der Waals surface area contributed by atoms with E-state index >= 15 is 0 Å². The van der Waals surface area contributed by atoms with E-state index < -0.39 is 27.8 Å². The molecule has 10 heteroatoms. The lowest BCUT2D eigenvalue weighted by atomic mass is 10.1. The highest BCUT2D eigenvalue weighted by Gasteiger charge is 2.26. The number of rotatable bonds is 10. The van der Waals surface area contributed by atoms with Crippen molar-refractivity contribution in [3.8, 4) is 5.75 Å². The van der Waals surface area contributed by atoms with Crippen molar-refractivity contribution in [1.82, 2.24) is 10.2 Å². The molecular formula is C25H26FN3O5S. The van der Waals surface area contributed by atoms with Gasteiger partial charge >= 0.3 is 0 Å². The van der Waals surface area contributed by atoms with Crippen LogP contribution >= 0.6 is 0 Å². The first kappa shape index (κ1) is 25.7. The SMILES string of the molecule is CNC(=O)[C@@H](C)N(Cc1ccccc1)C(=O)COc1ccc(S(=O)(=O)Nc2ccc(F)cc2)cc1. The highest BCUT2D eigenvalue weighted by Crippen LogP contribution is 2.20. The molecule has 0 saturated carbocycles. The highest BCUT2D eigenvalue weighted by atomic mass is 32.2. The summed E-state index contributed by atoms with van der Waals surface area (Å²) < 4.78 is 46.1. The van der Waals surface area contributed by atoms with Gasteiger partial charge in [-0.05, 0) is 61.0 Å². The Bertz CT molecular complexity index is 1250. The molecule has 2 amide bonds. The molecule has 184 valence electrons. The summed E-state index contributed by atoms with van der Waals surface area (Å²) in [6.45, 7) is 1.52. The molecule has 0 aromatic heterocycles. The molecule has 1 atom stereocenters. The van der Waals surface area contributed by atoms with Gasteiger partial charge < -0.3 is 15.0 Å². The quantitative estimate of drug-likeness (QED) is 0.446. The van der Waals surface area contributed by atoms with Crippen LogP contribution in [0.3, 0.4) is 0 Å². The second-order valence-corrected chi connectivity index (χ2v) is 9.35. The zero-order valence-corrected chi connectivity index (χ0v) is 20.1. The van der Waals surface area contributed by atoms with Crippen molar-refractivity contribution in [2.45, 2.75) is 24.4 Å². The van der Waals surface area contributed by atoms with Gasteiger partial charge in [0.2, 0.25) is 5.91 Å². The summed E-state index contributed by atoms with van der Waals surface area (Å²) in [6.07, 6.45) is 0. The second kappa shape index (κ2) is 11.5. The molecule has 0 fully saturated rings. The molecule has 0 heterocycles. The maximum atomic E-state index is 13.0. The van der Waals surface area contributed by atoms with Gasteiger partial charge in [-0.3, -0.25) is 14.3 Å². The number of carbonyl (C=O) groups excluding carboxylic acids is 2. The van der Waals surface area contributed by atoms with Crippen molar-refractivity contribution < 1.29 is 27.1 Å². The lowest BCUT2D eigenvalue weighted by molar-refractivity contribution is -0.142. The van der Waals surface area contributed by atoms with Gasteiger partial charge in [0.15, 0.2) is 6.61 Å². The van der Waals surface area contributed by atoms with Crippen molar-refractivity contribution >= 4 is 27.5 Å². The van der Waals surface area contributed by atoms with E-state index in [4.69, 9.17) is 4.74 Å². The van der Waals surface area contributed by atoms with Gasteiger partial charge in [-0.2, -0.15) is 0 Å².